The van der Waals surface area contributed by atoms with Crippen LogP contribution in [0, 0.1) is 0 Å². The summed E-state index contributed by atoms with van der Waals surface area (Å²) in [7, 11) is 4.08. The van der Waals surface area contributed by atoms with Crippen molar-refractivity contribution in [3.05, 3.63) is 24.0 Å². The Morgan fingerprint density at radius 2 is 2.06 bits per heavy atom. The third-order valence-electron chi connectivity index (χ3n) is 2.81. The van der Waals surface area contributed by atoms with Gasteiger partial charge in [0.2, 0.25) is 0 Å². The van der Waals surface area contributed by atoms with Gasteiger partial charge in [-0.3, -0.25) is 4.98 Å². The van der Waals surface area contributed by atoms with Crippen molar-refractivity contribution >= 4 is 0 Å². The minimum absolute atomic E-state index is 0.00649. The molecular formula is C12H21N3O. The molecule has 2 N–H and O–H groups in total. The molecule has 1 rings (SSSR count). The van der Waals surface area contributed by atoms with Gasteiger partial charge in [0.1, 0.15) is 12.4 Å². The molecule has 90 valence electrons. The van der Waals surface area contributed by atoms with Gasteiger partial charge in [-0.15, -0.1) is 0 Å². The Morgan fingerprint density at radius 1 is 1.38 bits per heavy atom. The van der Waals surface area contributed by atoms with Gasteiger partial charge in [0.15, 0.2) is 0 Å². The quantitative estimate of drug-likeness (QED) is 0.816. The topological polar surface area (TPSA) is 51.4 Å². The number of hydrogen-bond acceptors (Lipinski definition) is 4. The molecule has 0 aliphatic heterocycles. The zero-order chi connectivity index (χ0) is 12.2. The lowest BCUT2D eigenvalue weighted by Gasteiger charge is -2.32. The van der Waals surface area contributed by atoms with Crippen LogP contribution in [0.25, 0.3) is 0 Å². The van der Waals surface area contributed by atoms with Crippen molar-refractivity contribution in [3.8, 4) is 5.75 Å². The standard InChI is InChI=1S/C12H21N3O/c1-12(2,15(3)4)9-16-11-6-5-10(7-13)14-8-11/h5-6,8H,7,9,13H2,1-4H3. The second-order valence-electron chi connectivity index (χ2n) is 4.68. The van der Waals surface area contributed by atoms with Gasteiger partial charge < -0.3 is 15.4 Å². The molecule has 4 nitrogen and oxygen atoms in total. The molecule has 0 aliphatic carbocycles. The Hall–Kier alpha value is -1.13. The first kappa shape index (κ1) is 12.9. The summed E-state index contributed by atoms with van der Waals surface area (Å²) in [6.07, 6.45) is 1.72. The van der Waals surface area contributed by atoms with Gasteiger partial charge in [0, 0.05) is 12.1 Å². The van der Waals surface area contributed by atoms with Gasteiger partial charge in [-0.2, -0.15) is 0 Å². The normalized spacial score (nSPS) is 11.9. The van der Waals surface area contributed by atoms with E-state index < -0.39 is 0 Å². The van der Waals surface area contributed by atoms with Gasteiger partial charge in [0.05, 0.1) is 11.9 Å². The second kappa shape index (κ2) is 5.27. The summed E-state index contributed by atoms with van der Waals surface area (Å²) in [5, 5.41) is 0. The number of rotatable bonds is 5. The number of likely N-dealkylation sites (N-methyl/N-ethyl adjacent to an activating group) is 1. The van der Waals surface area contributed by atoms with Crippen molar-refractivity contribution in [2.45, 2.75) is 25.9 Å². The van der Waals surface area contributed by atoms with E-state index in [1.807, 2.05) is 26.2 Å². The van der Waals surface area contributed by atoms with Crippen LogP contribution in [0.1, 0.15) is 19.5 Å². The summed E-state index contributed by atoms with van der Waals surface area (Å²) in [5.74, 6) is 0.784. The third kappa shape index (κ3) is 3.47. The van der Waals surface area contributed by atoms with Gasteiger partial charge >= 0.3 is 0 Å². The summed E-state index contributed by atoms with van der Waals surface area (Å²) in [4.78, 5) is 6.31. The van der Waals surface area contributed by atoms with Crippen molar-refractivity contribution in [3.63, 3.8) is 0 Å². The van der Waals surface area contributed by atoms with Crippen molar-refractivity contribution in [2.24, 2.45) is 5.73 Å². The Balaban J connectivity index is 2.54. The lowest BCUT2D eigenvalue weighted by molar-refractivity contribution is 0.114. The first-order chi connectivity index (χ1) is 7.45. The summed E-state index contributed by atoms with van der Waals surface area (Å²) >= 11 is 0. The molecule has 0 amide bonds. The van der Waals surface area contributed by atoms with E-state index in [0.29, 0.717) is 13.2 Å². The SMILES string of the molecule is CN(C)C(C)(C)COc1ccc(CN)nc1. The summed E-state index contributed by atoms with van der Waals surface area (Å²) < 4.78 is 5.69. The Labute approximate surface area is 97.4 Å². The lowest BCUT2D eigenvalue weighted by Crippen LogP contribution is -2.43. The van der Waals surface area contributed by atoms with Crippen molar-refractivity contribution in [2.75, 3.05) is 20.7 Å². The number of ether oxygens (including phenoxy) is 1. The average Bonchev–Trinajstić information content (AvgIpc) is 2.27. The molecule has 0 unspecified atom stereocenters. The van der Waals surface area contributed by atoms with Crippen LogP contribution in [-0.2, 0) is 6.54 Å². The average molecular weight is 223 g/mol. The molecule has 0 saturated heterocycles. The monoisotopic (exact) mass is 223 g/mol. The molecule has 0 aliphatic rings. The van der Waals surface area contributed by atoms with Crippen LogP contribution in [0.4, 0.5) is 0 Å². The van der Waals surface area contributed by atoms with Crippen LogP contribution in [0.5, 0.6) is 5.75 Å². The van der Waals surface area contributed by atoms with Crippen molar-refractivity contribution < 1.29 is 4.74 Å². The minimum Gasteiger partial charge on any atom is -0.490 e. The second-order valence-corrected chi connectivity index (χ2v) is 4.68. The van der Waals surface area contributed by atoms with E-state index in [9.17, 15) is 0 Å². The van der Waals surface area contributed by atoms with E-state index in [2.05, 4.69) is 23.7 Å². The van der Waals surface area contributed by atoms with E-state index in [0.717, 1.165) is 11.4 Å². The van der Waals surface area contributed by atoms with E-state index in [1.165, 1.54) is 0 Å². The first-order valence-corrected chi connectivity index (χ1v) is 5.41. The minimum atomic E-state index is 0.00649. The number of aromatic nitrogens is 1. The molecule has 0 spiro atoms. The molecule has 0 fully saturated rings. The molecule has 4 heteroatoms. The largest absolute Gasteiger partial charge is 0.490 e. The number of hydrogen-bond donors (Lipinski definition) is 1. The maximum Gasteiger partial charge on any atom is 0.137 e. The fraction of sp³-hybridized carbons (Fsp3) is 0.583. The molecule has 1 aromatic heterocycles. The molecule has 1 aromatic rings. The summed E-state index contributed by atoms with van der Waals surface area (Å²) in [6, 6.07) is 3.79. The van der Waals surface area contributed by atoms with E-state index in [4.69, 9.17) is 10.5 Å². The van der Waals surface area contributed by atoms with Gasteiger partial charge in [-0.25, -0.2) is 0 Å². The van der Waals surface area contributed by atoms with Crippen LogP contribution in [-0.4, -0.2) is 36.1 Å². The smallest absolute Gasteiger partial charge is 0.137 e. The molecular weight excluding hydrogens is 202 g/mol. The molecule has 0 atom stereocenters. The molecule has 0 bridgehead atoms. The van der Waals surface area contributed by atoms with E-state index in [1.54, 1.807) is 6.20 Å². The van der Waals surface area contributed by atoms with Crippen LogP contribution in [0.15, 0.2) is 18.3 Å². The molecule has 0 saturated carbocycles. The number of pyridine rings is 1. The highest BCUT2D eigenvalue weighted by Crippen LogP contribution is 2.14. The highest BCUT2D eigenvalue weighted by atomic mass is 16.5. The molecule has 1 heterocycles. The van der Waals surface area contributed by atoms with Crippen molar-refractivity contribution in [1.29, 1.82) is 0 Å². The Bertz CT molecular complexity index is 320. The van der Waals surface area contributed by atoms with Crippen LogP contribution in [0.2, 0.25) is 0 Å². The number of nitrogens with two attached hydrogens (primary N) is 1. The lowest BCUT2D eigenvalue weighted by atomic mass is 10.1. The third-order valence-corrected chi connectivity index (χ3v) is 2.81. The Kier molecular flexibility index (Phi) is 4.26. The summed E-state index contributed by atoms with van der Waals surface area (Å²) in [6.45, 7) is 5.36. The van der Waals surface area contributed by atoms with Gasteiger partial charge in [0.25, 0.3) is 0 Å². The fourth-order valence-electron chi connectivity index (χ4n) is 1.01. The maximum atomic E-state index is 5.69. The van der Waals surface area contributed by atoms with E-state index in [-0.39, 0.29) is 5.54 Å². The van der Waals surface area contributed by atoms with Crippen LogP contribution < -0.4 is 10.5 Å². The van der Waals surface area contributed by atoms with Gasteiger partial charge in [-0.05, 0) is 40.1 Å². The Morgan fingerprint density at radius 3 is 2.50 bits per heavy atom. The van der Waals surface area contributed by atoms with Crippen molar-refractivity contribution in [1.82, 2.24) is 9.88 Å². The van der Waals surface area contributed by atoms with Crippen LogP contribution in [0.3, 0.4) is 0 Å². The molecule has 0 radical (unpaired) electrons. The van der Waals surface area contributed by atoms with Gasteiger partial charge in [-0.1, -0.05) is 0 Å². The summed E-state index contributed by atoms with van der Waals surface area (Å²) in [5.41, 5.74) is 6.35. The number of nitrogens with zero attached hydrogens (tertiary/aromatic N) is 2. The maximum absolute atomic E-state index is 5.69. The zero-order valence-electron chi connectivity index (χ0n) is 10.5. The predicted octanol–water partition coefficient (Wildman–Crippen LogP) is 1.26. The molecule has 16 heavy (non-hydrogen) atoms. The predicted molar refractivity (Wildman–Crippen MR) is 65.4 cm³/mol. The zero-order valence-corrected chi connectivity index (χ0v) is 10.5. The van der Waals surface area contributed by atoms with E-state index >= 15 is 0 Å². The molecule has 0 aromatic carbocycles. The fourth-order valence-corrected chi connectivity index (χ4v) is 1.01. The highest BCUT2D eigenvalue weighted by molar-refractivity contribution is 5.19. The van der Waals surface area contributed by atoms with Crippen LogP contribution >= 0.6 is 0 Å². The first-order valence-electron chi connectivity index (χ1n) is 5.41. The highest BCUT2D eigenvalue weighted by Gasteiger charge is 2.21.